The molecule has 3 rings (SSSR count). The van der Waals surface area contributed by atoms with Gasteiger partial charge >= 0.3 is 0 Å². The highest BCUT2D eigenvalue weighted by molar-refractivity contribution is 5.40. The zero-order chi connectivity index (χ0) is 13.2. The van der Waals surface area contributed by atoms with Crippen molar-refractivity contribution >= 4 is 5.65 Å². The van der Waals surface area contributed by atoms with Gasteiger partial charge in [-0.1, -0.05) is 19.4 Å². The monoisotopic (exact) mass is 258 g/mol. The zero-order valence-corrected chi connectivity index (χ0v) is 11.5. The maximum Gasteiger partial charge on any atom is 0.137 e. The van der Waals surface area contributed by atoms with Crippen molar-refractivity contribution < 1.29 is 0 Å². The molecule has 4 nitrogen and oxygen atoms in total. The maximum atomic E-state index is 6.41. The van der Waals surface area contributed by atoms with Crippen molar-refractivity contribution in [3.05, 3.63) is 36.3 Å². The SMILES string of the molecule is CCN1CCCCC(N)C1c1cn2ccccc2n1. The van der Waals surface area contributed by atoms with E-state index in [1.165, 1.54) is 12.8 Å². The Morgan fingerprint density at radius 1 is 1.37 bits per heavy atom. The van der Waals surface area contributed by atoms with Crippen LogP contribution in [0.1, 0.15) is 37.9 Å². The number of nitrogens with two attached hydrogens (primary N) is 1. The van der Waals surface area contributed by atoms with E-state index >= 15 is 0 Å². The van der Waals surface area contributed by atoms with Crippen LogP contribution in [-0.4, -0.2) is 33.4 Å². The third-order valence-corrected chi connectivity index (χ3v) is 4.12. The van der Waals surface area contributed by atoms with Crippen molar-refractivity contribution in [2.45, 2.75) is 38.3 Å². The van der Waals surface area contributed by atoms with E-state index in [1.54, 1.807) is 0 Å². The third kappa shape index (κ3) is 2.38. The average molecular weight is 258 g/mol. The molecule has 2 N–H and O–H groups in total. The molecule has 102 valence electrons. The van der Waals surface area contributed by atoms with E-state index < -0.39 is 0 Å². The van der Waals surface area contributed by atoms with Gasteiger partial charge in [0.15, 0.2) is 0 Å². The average Bonchev–Trinajstić information content (AvgIpc) is 2.75. The molecule has 1 fully saturated rings. The molecule has 2 atom stereocenters. The first-order chi connectivity index (χ1) is 9.29. The van der Waals surface area contributed by atoms with Crippen molar-refractivity contribution in [3.63, 3.8) is 0 Å². The molecule has 2 unspecified atom stereocenters. The van der Waals surface area contributed by atoms with Crippen LogP contribution in [0.4, 0.5) is 0 Å². The molecule has 0 saturated carbocycles. The summed E-state index contributed by atoms with van der Waals surface area (Å²) in [6.07, 6.45) is 7.74. The first-order valence-electron chi connectivity index (χ1n) is 7.23. The van der Waals surface area contributed by atoms with Crippen LogP contribution < -0.4 is 5.73 Å². The van der Waals surface area contributed by atoms with Crippen LogP contribution in [0.3, 0.4) is 0 Å². The highest BCUT2D eigenvalue weighted by atomic mass is 15.2. The van der Waals surface area contributed by atoms with Gasteiger partial charge in [0.25, 0.3) is 0 Å². The van der Waals surface area contributed by atoms with E-state index in [9.17, 15) is 0 Å². The molecule has 1 aliphatic rings. The molecule has 0 spiro atoms. The molecule has 4 heteroatoms. The Kier molecular flexibility index (Phi) is 3.53. The lowest BCUT2D eigenvalue weighted by atomic mass is 10.0. The van der Waals surface area contributed by atoms with Crippen LogP contribution in [0, 0.1) is 0 Å². The third-order valence-electron chi connectivity index (χ3n) is 4.12. The van der Waals surface area contributed by atoms with Crippen molar-refractivity contribution in [1.29, 1.82) is 0 Å². The molecule has 1 saturated heterocycles. The number of pyridine rings is 1. The number of aromatic nitrogens is 2. The van der Waals surface area contributed by atoms with Crippen LogP contribution in [0.2, 0.25) is 0 Å². The summed E-state index contributed by atoms with van der Waals surface area (Å²) in [4.78, 5) is 7.24. The molecule has 2 aromatic heterocycles. The van der Waals surface area contributed by atoms with Crippen molar-refractivity contribution in [2.75, 3.05) is 13.1 Å². The molecule has 0 bridgehead atoms. The van der Waals surface area contributed by atoms with Crippen molar-refractivity contribution in [3.8, 4) is 0 Å². The minimum atomic E-state index is 0.187. The highest BCUT2D eigenvalue weighted by Gasteiger charge is 2.29. The van der Waals surface area contributed by atoms with Gasteiger partial charge in [-0.25, -0.2) is 4.98 Å². The predicted octanol–water partition coefficient (Wildman–Crippen LogP) is 2.21. The van der Waals surface area contributed by atoms with Gasteiger partial charge in [-0.05, 0) is 38.1 Å². The maximum absolute atomic E-state index is 6.41. The molecule has 0 amide bonds. The van der Waals surface area contributed by atoms with E-state index in [1.807, 2.05) is 24.4 Å². The predicted molar refractivity (Wildman–Crippen MR) is 77.0 cm³/mol. The van der Waals surface area contributed by atoms with E-state index in [2.05, 4.69) is 22.4 Å². The Morgan fingerprint density at radius 2 is 2.26 bits per heavy atom. The van der Waals surface area contributed by atoms with Crippen LogP contribution >= 0.6 is 0 Å². The van der Waals surface area contributed by atoms with Crippen LogP contribution in [0.15, 0.2) is 30.6 Å². The van der Waals surface area contributed by atoms with E-state index in [-0.39, 0.29) is 12.1 Å². The minimum Gasteiger partial charge on any atom is -0.326 e. The van der Waals surface area contributed by atoms with E-state index in [0.717, 1.165) is 30.9 Å². The zero-order valence-electron chi connectivity index (χ0n) is 11.5. The van der Waals surface area contributed by atoms with E-state index in [4.69, 9.17) is 10.7 Å². The molecular weight excluding hydrogens is 236 g/mol. The van der Waals surface area contributed by atoms with Crippen LogP contribution in [-0.2, 0) is 0 Å². The Morgan fingerprint density at radius 3 is 3.05 bits per heavy atom. The second kappa shape index (κ2) is 5.31. The first kappa shape index (κ1) is 12.6. The Labute approximate surface area is 114 Å². The second-order valence-corrected chi connectivity index (χ2v) is 5.36. The summed E-state index contributed by atoms with van der Waals surface area (Å²) in [5.41, 5.74) is 8.53. The van der Waals surface area contributed by atoms with Crippen LogP contribution in [0.5, 0.6) is 0 Å². The summed E-state index contributed by atoms with van der Waals surface area (Å²) < 4.78 is 2.08. The summed E-state index contributed by atoms with van der Waals surface area (Å²) in [6.45, 7) is 4.37. The normalized spacial score (nSPS) is 25.6. The Balaban J connectivity index is 2.00. The fourth-order valence-electron chi connectivity index (χ4n) is 3.12. The number of hydrogen-bond acceptors (Lipinski definition) is 3. The summed E-state index contributed by atoms with van der Waals surface area (Å²) in [5, 5.41) is 0. The standard InChI is InChI=1S/C15H22N4/c1-2-18-9-5-3-7-12(16)15(18)13-11-19-10-6-4-8-14(19)17-13/h4,6,8,10-12,15H,2-3,5,7,9,16H2,1H3. The van der Waals surface area contributed by atoms with Gasteiger partial charge in [-0.2, -0.15) is 0 Å². The van der Waals surface area contributed by atoms with Crippen LogP contribution in [0.25, 0.3) is 5.65 Å². The first-order valence-corrected chi connectivity index (χ1v) is 7.23. The minimum absolute atomic E-state index is 0.187. The lowest BCUT2D eigenvalue weighted by molar-refractivity contribution is 0.192. The molecule has 2 aromatic rings. The second-order valence-electron chi connectivity index (χ2n) is 5.36. The highest BCUT2D eigenvalue weighted by Crippen LogP contribution is 2.28. The molecule has 19 heavy (non-hydrogen) atoms. The van der Waals surface area contributed by atoms with Gasteiger partial charge in [-0.15, -0.1) is 0 Å². The topological polar surface area (TPSA) is 46.6 Å². The fourth-order valence-corrected chi connectivity index (χ4v) is 3.12. The number of fused-ring (bicyclic) bond motifs is 1. The lowest BCUT2D eigenvalue weighted by Gasteiger charge is -2.31. The summed E-state index contributed by atoms with van der Waals surface area (Å²) >= 11 is 0. The summed E-state index contributed by atoms with van der Waals surface area (Å²) in [6, 6.07) is 6.54. The number of likely N-dealkylation sites (N-methyl/N-ethyl adjacent to an activating group) is 1. The van der Waals surface area contributed by atoms with Gasteiger partial charge in [0.05, 0.1) is 11.7 Å². The quantitative estimate of drug-likeness (QED) is 0.898. The molecule has 0 aromatic carbocycles. The molecule has 0 aliphatic carbocycles. The van der Waals surface area contributed by atoms with Gasteiger partial charge in [0.1, 0.15) is 5.65 Å². The molecular formula is C15H22N4. The molecule has 0 radical (unpaired) electrons. The number of nitrogens with zero attached hydrogens (tertiary/aromatic N) is 3. The van der Waals surface area contributed by atoms with E-state index in [0.29, 0.717) is 0 Å². The summed E-state index contributed by atoms with van der Waals surface area (Å²) in [5.74, 6) is 0. The lowest BCUT2D eigenvalue weighted by Crippen LogP contribution is -2.39. The van der Waals surface area contributed by atoms with Gasteiger partial charge < -0.3 is 10.1 Å². The van der Waals surface area contributed by atoms with Gasteiger partial charge in [-0.3, -0.25) is 4.90 Å². The largest absolute Gasteiger partial charge is 0.326 e. The van der Waals surface area contributed by atoms with Gasteiger partial charge in [0.2, 0.25) is 0 Å². The number of likely N-dealkylation sites (tertiary alicyclic amines) is 1. The molecule has 3 heterocycles. The number of imidazole rings is 1. The smallest absolute Gasteiger partial charge is 0.137 e. The number of rotatable bonds is 2. The summed E-state index contributed by atoms with van der Waals surface area (Å²) in [7, 11) is 0. The van der Waals surface area contributed by atoms with Gasteiger partial charge in [0, 0.05) is 18.4 Å². The number of hydrogen-bond donors (Lipinski definition) is 1. The molecule has 1 aliphatic heterocycles. The Bertz CT molecular complexity index is 515. The van der Waals surface area contributed by atoms with Crippen molar-refractivity contribution in [1.82, 2.24) is 14.3 Å². The Hall–Kier alpha value is -1.39. The fraction of sp³-hybridized carbons (Fsp3) is 0.533. The van der Waals surface area contributed by atoms with Crippen molar-refractivity contribution in [2.24, 2.45) is 5.73 Å².